The molecule has 4 rings (SSSR count). The Kier molecular flexibility index (Phi) is 6.96. The van der Waals surface area contributed by atoms with Crippen LogP contribution in [0, 0.1) is 5.92 Å². The standard InChI is InChI=1S/C23H30N6O3/c1-24-22(31)17-8-18(9-17)28-21-10-20(26-14-27-21)23(32)25-11-19(30)13-29-7-6-15-4-2-3-5-16(15)12-29/h2-5,10,14,17-19,30H,6-9,11-13H2,1H3,(H,24,31)(H,25,32)(H,26,27,28)/t17-,18+,19-/m0/s1. The molecule has 1 aliphatic carbocycles. The first kappa shape index (κ1) is 22.2. The number of anilines is 1. The molecule has 2 heterocycles. The monoisotopic (exact) mass is 438 g/mol. The van der Waals surface area contributed by atoms with Crippen LogP contribution in [0.3, 0.4) is 0 Å². The van der Waals surface area contributed by atoms with Gasteiger partial charge in [-0.1, -0.05) is 24.3 Å². The van der Waals surface area contributed by atoms with Gasteiger partial charge in [-0.05, 0) is 30.4 Å². The van der Waals surface area contributed by atoms with Crippen molar-refractivity contribution in [3.8, 4) is 0 Å². The van der Waals surface area contributed by atoms with Crippen LogP contribution in [-0.4, -0.2) is 70.6 Å². The van der Waals surface area contributed by atoms with Gasteiger partial charge in [0.25, 0.3) is 5.91 Å². The van der Waals surface area contributed by atoms with Crippen LogP contribution in [0.25, 0.3) is 0 Å². The Morgan fingerprint density at radius 2 is 2.00 bits per heavy atom. The van der Waals surface area contributed by atoms with Gasteiger partial charge in [-0.15, -0.1) is 0 Å². The van der Waals surface area contributed by atoms with Crippen LogP contribution >= 0.6 is 0 Å². The number of carbonyl (C=O) groups excluding carboxylic acids is 2. The Morgan fingerprint density at radius 3 is 2.78 bits per heavy atom. The molecule has 0 unspecified atom stereocenters. The topological polar surface area (TPSA) is 119 Å². The minimum atomic E-state index is -0.666. The van der Waals surface area contributed by atoms with Crippen LogP contribution in [0.1, 0.15) is 34.5 Å². The lowest BCUT2D eigenvalue weighted by atomic mass is 9.79. The molecular weight excluding hydrogens is 408 g/mol. The normalized spacial score (nSPS) is 21.1. The number of aliphatic hydroxyl groups excluding tert-OH is 1. The number of aliphatic hydroxyl groups is 1. The summed E-state index contributed by atoms with van der Waals surface area (Å²) in [7, 11) is 1.64. The molecule has 170 valence electrons. The van der Waals surface area contributed by atoms with Crippen LogP contribution in [0.15, 0.2) is 36.7 Å². The number of aromatic nitrogens is 2. The predicted octanol–water partition coefficient (Wildman–Crippen LogP) is 0.562. The molecule has 0 radical (unpaired) electrons. The lowest BCUT2D eigenvalue weighted by molar-refractivity contribution is -0.127. The Labute approximate surface area is 187 Å². The van der Waals surface area contributed by atoms with Crippen molar-refractivity contribution < 1.29 is 14.7 Å². The number of nitrogens with one attached hydrogen (secondary N) is 3. The molecule has 2 aliphatic rings. The van der Waals surface area contributed by atoms with Gasteiger partial charge in [-0.3, -0.25) is 14.5 Å². The van der Waals surface area contributed by atoms with Gasteiger partial charge in [0.15, 0.2) is 0 Å². The van der Waals surface area contributed by atoms with Crippen molar-refractivity contribution in [2.24, 2.45) is 5.92 Å². The fourth-order valence-electron chi connectivity index (χ4n) is 4.30. The highest BCUT2D eigenvalue weighted by Crippen LogP contribution is 2.29. The van der Waals surface area contributed by atoms with Crippen molar-refractivity contribution in [2.75, 3.05) is 32.0 Å². The molecule has 0 spiro atoms. The van der Waals surface area contributed by atoms with E-state index in [1.54, 1.807) is 13.1 Å². The Balaban J connectivity index is 1.22. The van der Waals surface area contributed by atoms with Gasteiger partial charge in [0, 0.05) is 51.3 Å². The van der Waals surface area contributed by atoms with Gasteiger partial charge in [0.1, 0.15) is 17.8 Å². The van der Waals surface area contributed by atoms with E-state index in [9.17, 15) is 14.7 Å². The number of benzene rings is 1. The highest BCUT2D eigenvalue weighted by atomic mass is 16.3. The van der Waals surface area contributed by atoms with Crippen LogP contribution < -0.4 is 16.0 Å². The van der Waals surface area contributed by atoms with E-state index in [1.165, 1.54) is 17.5 Å². The van der Waals surface area contributed by atoms with Crippen molar-refractivity contribution in [1.29, 1.82) is 0 Å². The van der Waals surface area contributed by atoms with E-state index in [0.717, 1.165) is 32.4 Å². The van der Waals surface area contributed by atoms with E-state index in [4.69, 9.17) is 0 Å². The third-order valence-corrected chi connectivity index (χ3v) is 6.18. The molecule has 1 fully saturated rings. The van der Waals surface area contributed by atoms with E-state index in [-0.39, 0.29) is 36.0 Å². The molecule has 32 heavy (non-hydrogen) atoms. The van der Waals surface area contributed by atoms with Crippen molar-refractivity contribution in [2.45, 2.75) is 38.0 Å². The lowest BCUT2D eigenvalue weighted by Crippen LogP contribution is -2.43. The zero-order chi connectivity index (χ0) is 22.5. The van der Waals surface area contributed by atoms with Crippen molar-refractivity contribution in [1.82, 2.24) is 25.5 Å². The highest BCUT2D eigenvalue weighted by Gasteiger charge is 2.34. The number of hydrogen-bond donors (Lipinski definition) is 4. The number of β-amino-alcohol motifs (C(OH)–C–C–N with tert-alkyl or cyclic N) is 1. The molecule has 4 N–H and O–H groups in total. The molecule has 0 saturated heterocycles. The average molecular weight is 439 g/mol. The van der Waals surface area contributed by atoms with Crippen LogP contribution in [0.4, 0.5) is 5.82 Å². The third kappa shape index (κ3) is 5.41. The van der Waals surface area contributed by atoms with E-state index in [2.05, 4.69) is 49.0 Å². The van der Waals surface area contributed by atoms with Crippen molar-refractivity contribution in [3.05, 3.63) is 53.5 Å². The number of nitrogens with zero attached hydrogens (tertiary/aromatic N) is 3. The second-order valence-electron chi connectivity index (χ2n) is 8.53. The second kappa shape index (κ2) is 10.1. The summed E-state index contributed by atoms with van der Waals surface area (Å²) in [5, 5.41) is 19.1. The Hall–Kier alpha value is -3.04. The number of rotatable bonds is 8. The summed E-state index contributed by atoms with van der Waals surface area (Å²) in [5.74, 6) is 0.281. The molecule has 0 bridgehead atoms. The van der Waals surface area contributed by atoms with E-state index in [1.807, 2.05) is 6.07 Å². The maximum atomic E-state index is 12.5. The minimum Gasteiger partial charge on any atom is -0.390 e. The molecule has 9 nitrogen and oxygen atoms in total. The molecule has 2 amide bonds. The molecule has 9 heteroatoms. The van der Waals surface area contributed by atoms with Crippen molar-refractivity contribution in [3.63, 3.8) is 0 Å². The second-order valence-corrected chi connectivity index (χ2v) is 8.53. The van der Waals surface area contributed by atoms with Gasteiger partial charge < -0.3 is 21.1 Å². The first-order valence-corrected chi connectivity index (χ1v) is 11.1. The SMILES string of the molecule is CNC(=O)[C@H]1C[C@@H](Nc2cc(C(=O)NC[C@H](O)CN3CCc4ccccc4C3)ncn2)C1. The molecular formula is C23H30N6O3. The van der Waals surface area contributed by atoms with Crippen molar-refractivity contribution >= 4 is 17.6 Å². The quantitative estimate of drug-likeness (QED) is 0.475. The molecule has 2 aromatic rings. The number of fused-ring (bicyclic) bond motifs is 1. The Morgan fingerprint density at radius 1 is 1.22 bits per heavy atom. The third-order valence-electron chi connectivity index (χ3n) is 6.18. The van der Waals surface area contributed by atoms with Crippen LogP contribution in [-0.2, 0) is 17.8 Å². The van der Waals surface area contributed by atoms with Gasteiger partial charge in [-0.2, -0.15) is 0 Å². The summed E-state index contributed by atoms with van der Waals surface area (Å²) in [6.07, 6.45) is 3.11. The predicted molar refractivity (Wildman–Crippen MR) is 120 cm³/mol. The minimum absolute atomic E-state index is 0.0250. The van der Waals surface area contributed by atoms with Crippen LogP contribution in [0.5, 0.6) is 0 Å². The highest BCUT2D eigenvalue weighted by molar-refractivity contribution is 5.92. The summed E-state index contributed by atoms with van der Waals surface area (Å²) in [4.78, 5) is 34.5. The number of carbonyl (C=O) groups is 2. The maximum absolute atomic E-state index is 12.5. The Bertz CT molecular complexity index is 962. The lowest BCUT2D eigenvalue weighted by Gasteiger charge is -2.34. The van der Waals surface area contributed by atoms with Crippen LogP contribution in [0.2, 0.25) is 0 Å². The zero-order valence-electron chi connectivity index (χ0n) is 18.3. The van der Waals surface area contributed by atoms with Gasteiger partial charge in [-0.25, -0.2) is 9.97 Å². The van der Waals surface area contributed by atoms with Gasteiger partial charge >= 0.3 is 0 Å². The number of amides is 2. The number of hydrogen-bond acceptors (Lipinski definition) is 7. The molecule has 1 saturated carbocycles. The smallest absolute Gasteiger partial charge is 0.270 e. The average Bonchev–Trinajstić information content (AvgIpc) is 2.79. The van der Waals surface area contributed by atoms with Gasteiger partial charge in [0.05, 0.1) is 6.10 Å². The molecule has 1 aromatic carbocycles. The van der Waals surface area contributed by atoms with E-state index < -0.39 is 6.10 Å². The molecule has 1 atom stereocenters. The summed E-state index contributed by atoms with van der Waals surface area (Å²) in [6, 6.07) is 10.1. The fraction of sp³-hybridized carbons (Fsp3) is 0.478. The largest absolute Gasteiger partial charge is 0.390 e. The fourth-order valence-corrected chi connectivity index (χ4v) is 4.30. The molecule has 1 aromatic heterocycles. The zero-order valence-corrected chi connectivity index (χ0v) is 18.3. The van der Waals surface area contributed by atoms with Gasteiger partial charge in [0.2, 0.25) is 5.91 Å². The summed E-state index contributed by atoms with van der Waals surface area (Å²) < 4.78 is 0. The summed E-state index contributed by atoms with van der Waals surface area (Å²) in [5.41, 5.74) is 2.90. The first-order chi connectivity index (χ1) is 15.5. The van der Waals surface area contributed by atoms with E-state index in [0.29, 0.717) is 12.4 Å². The first-order valence-electron chi connectivity index (χ1n) is 11.1. The maximum Gasteiger partial charge on any atom is 0.270 e. The molecule has 1 aliphatic heterocycles. The summed E-state index contributed by atoms with van der Waals surface area (Å²) in [6.45, 7) is 2.36. The van der Waals surface area contributed by atoms with E-state index >= 15 is 0 Å². The summed E-state index contributed by atoms with van der Waals surface area (Å²) >= 11 is 0.